The Bertz CT molecular complexity index is 768. The van der Waals surface area contributed by atoms with Gasteiger partial charge in [-0.1, -0.05) is 37.6 Å². The molecule has 0 amide bonds. The highest BCUT2D eigenvalue weighted by Gasteiger charge is 2.22. The summed E-state index contributed by atoms with van der Waals surface area (Å²) >= 11 is 5.91. The van der Waals surface area contributed by atoms with Gasteiger partial charge in [-0.3, -0.25) is 0 Å². The second-order valence-electron chi connectivity index (χ2n) is 5.29. The van der Waals surface area contributed by atoms with Crippen molar-refractivity contribution >= 4 is 21.7 Å². The van der Waals surface area contributed by atoms with Crippen LogP contribution in [0.4, 0.5) is 0 Å². The van der Waals surface area contributed by atoms with Crippen molar-refractivity contribution in [1.82, 2.24) is 0 Å². The van der Waals surface area contributed by atoms with Gasteiger partial charge in [-0.25, -0.2) is 0 Å². The largest absolute Gasteiger partial charge is 0.492 e. The standard InChI is InChI=1S/C17H19ClO4S/c1-4-21-16-10-7-14(18)11-17(16)23(19,20)22-15-8-5-13(6-9-15)12(2)3/h5-12H,4H2,1-3H3. The fourth-order valence-corrected chi connectivity index (χ4v) is 3.37. The number of benzene rings is 2. The average Bonchev–Trinajstić information content (AvgIpc) is 2.49. The quantitative estimate of drug-likeness (QED) is 0.710. The maximum absolute atomic E-state index is 12.5. The van der Waals surface area contributed by atoms with Crippen molar-refractivity contribution in [2.45, 2.75) is 31.6 Å². The molecule has 0 radical (unpaired) electrons. The van der Waals surface area contributed by atoms with Gasteiger partial charge in [-0.15, -0.1) is 0 Å². The minimum Gasteiger partial charge on any atom is -0.492 e. The lowest BCUT2D eigenvalue weighted by molar-refractivity contribution is 0.329. The summed E-state index contributed by atoms with van der Waals surface area (Å²) in [5.41, 5.74) is 1.10. The summed E-state index contributed by atoms with van der Waals surface area (Å²) in [4.78, 5) is -0.0835. The highest BCUT2D eigenvalue weighted by atomic mass is 35.5. The highest BCUT2D eigenvalue weighted by molar-refractivity contribution is 7.87. The molecule has 0 saturated carbocycles. The van der Waals surface area contributed by atoms with Crippen molar-refractivity contribution in [2.24, 2.45) is 0 Å². The minimum absolute atomic E-state index is 0.0835. The van der Waals surface area contributed by atoms with Crippen LogP contribution in [0.5, 0.6) is 11.5 Å². The first kappa shape index (κ1) is 17.6. The van der Waals surface area contributed by atoms with E-state index in [4.69, 9.17) is 20.5 Å². The molecule has 2 aromatic carbocycles. The van der Waals surface area contributed by atoms with E-state index in [2.05, 4.69) is 13.8 Å². The van der Waals surface area contributed by atoms with Crippen molar-refractivity contribution in [2.75, 3.05) is 6.61 Å². The van der Waals surface area contributed by atoms with Crippen LogP contribution in [0.1, 0.15) is 32.3 Å². The zero-order chi connectivity index (χ0) is 17.0. The fraction of sp³-hybridized carbons (Fsp3) is 0.294. The molecule has 0 unspecified atom stereocenters. The van der Waals surface area contributed by atoms with Gasteiger partial charge in [0.15, 0.2) is 0 Å². The zero-order valence-electron chi connectivity index (χ0n) is 13.2. The molecule has 0 aliphatic carbocycles. The van der Waals surface area contributed by atoms with Gasteiger partial charge in [0.05, 0.1) is 6.61 Å². The van der Waals surface area contributed by atoms with Crippen LogP contribution in [0.2, 0.25) is 5.02 Å². The molecule has 23 heavy (non-hydrogen) atoms. The van der Waals surface area contributed by atoms with Crippen LogP contribution in [0, 0.1) is 0 Å². The molecule has 124 valence electrons. The van der Waals surface area contributed by atoms with E-state index in [1.54, 1.807) is 25.1 Å². The van der Waals surface area contributed by atoms with Crippen LogP contribution in [-0.2, 0) is 10.1 Å². The van der Waals surface area contributed by atoms with Crippen LogP contribution in [-0.4, -0.2) is 15.0 Å². The lowest BCUT2D eigenvalue weighted by Gasteiger charge is -2.12. The zero-order valence-corrected chi connectivity index (χ0v) is 14.8. The molecule has 0 aliphatic rings. The molecule has 2 rings (SSSR count). The Balaban J connectivity index is 2.33. The van der Waals surface area contributed by atoms with Gasteiger partial charge in [0, 0.05) is 5.02 Å². The number of hydrogen-bond acceptors (Lipinski definition) is 4. The monoisotopic (exact) mass is 354 g/mol. The van der Waals surface area contributed by atoms with Crippen LogP contribution in [0.25, 0.3) is 0 Å². The Morgan fingerprint density at radius 2 is 1.74 bits per heavy atom. The second kappa shape index (κ2) is 7.23. The van der Waals surface area contributed by atoms with Gasteiger partial charge in [0.1, 0.15) is 16.4 Å². The Morgan fingerprint density at radius 1 is 1.09 bits per heavy atom. The summed E-state index contributed by atoms with van der Waals surface area (Å²) in [5, 5.41) is 0.297. The van der Waals surface area contributed by atoms with E-state index in [1.165, 1.54) is 12.1 Å². The molecule has 0 aliphatic heterocycles. The molecular weight excluding hydrogens is 336 g/mol. The molecule has 2 aromatic rings. The van der Waals surface area contributed by atoms with E-state index in [9.17, 15) is 8.42 Å². The Labute approximate surface area is 142 Å². The first-order valence-corrected chi connectivity index (χ1v) is 9.09. The van der Waals surface area contributed by atoms with E-state index < -0.39 is 10.1 Å². The molecule has 6 heteroatoms. The van der Waals surface area contributed by atoms with E-state index in [0.29, 0.717) is 17.5 Å². The van der Waals surface area contributed by atoms with Gasteiger partial charge in [0.2, 0.25) is 0 Å². The number of ether oxygens (including phenoxy) is 1. The van der Waals surface area contributed by atoms with Gasteiger partial charge < -0.3 is 8.92 Å². The molecule has 0 heterocycles. The van der Waals surface area contributed by atoms with Gasteiger partial charge in [-0.05, 0) is 48.7 Å². The van der Waals surface area contributed by atoms with Crippen molar-refractivity contribution < 1.29 is 17.3 Å². The second-order valence-corrected chi connectivity index (χ2v) is 7.24. The maximum atomic E-state index is 12.5. The van der Waals surface area contributed by atoms with Gasteiger partial charge >= 0.3 is 10.1 Å². The van der Waals surface area contributed by atoms with E-state index in [-0.39, 0.29) is 16.4 Å². The fourth-order valence-electron chi connectivity index (χ4n) is 2.03. The highest BCUT2D eigenvalue weighted by Crippen LogP contribution is 2.30. The van der Waals surface area contributed by atoms with E-state index in [0.717, 1.165) is 5.56 Å². The average molecular weight is 355 g/mol. The molecule has 0 atom stereocenters. The van der Waals surface area contributed by atoms with Crippen molar-refractivity contribution in [3.8, 4) is 11.5 Å². The Morgan fingerprint density at radius 3 is 2.30 bits per heavy atom. The first-order chi connectivity index (χ1) is 10.8. The van der Waals surface area contributed by atoms with Crippen LogP contribution in [0.15, 0.2) is 47.4 Å². The topological polar surface area (TPSA) is 52.6 Å². The third-order valence-electron chi connectivity index (χ3n) is 3.23. The van der Waals surface area contributed by atoms with Crippen LogP contribution in [0.3, 0.4) is 0 Å². The summed E-state index contributed by atoms with van der Waals surface area (Å²) < 4.78 is 35.6. The predicted molar refractivity (Wildman–Crippen MR) is 91.0 cm³/mol. The Hall–Kier alpha value is -1.72. The Kier molecular flexibility index (Phi) is 5.55. The number of halogens is 1. The predicted octanol–water partition coefficient (Wildman–Crippen LogP) is 4.63. The van der Waals surface area contributed by atoms with E-state index in [1.807, 2.05) is 12.1 Å². The van der Waals surface area contributed by atoms with Crippen molar-refractivity contribution in [3.63, 3.8) is 0 Å². The third kappa shape index (κ3) is 4.39. The summed E-state index contributed by atoms with van der Waals surface area (Å²) in [6.45, 7) is 6.24. The van der Waals surface area contributed by atoms with Crippen molar-refractivity contribution in [3.05, 3.63) is 53.1 Å². The lowest BCUT2D eigenvalue weighted by atomic mass is 10.0. The molecule has 4 nitrogen and oxygen atoms in total. The molecule has 0 fully saturated rings. The summed E-state index contributed by atoms with van der Waals surface area (Å²) in [5.74, 6) is 0.825. The summed E-state index contributed by atoms with van der Waals surface area (Å²) in [6.07, 6.45) is 0. The van der Waals surface area contributed by atoms with Gasteiger partial charge in [-0.2, -0.15) is 8.42 Å². The molecular formula is C17H19ClO4S. The van der Waals surface area contributed by atoms with Gasteiger partial charge in [0.25, 0.3) is 0 Å². The smallest absolute Gasteiger partial charge is 0.342 e. The first-order valence-electron chi connectivity index (χ1n) is 7.30. The molecule has 0 N–H and O–H groups in total. The molecule has 0 aromatic heterocycles. The number of hydrogen-bond donors (Lipinski definition) is 0. The van der Waals surface area contributed by atoms with Crippen LogP contribution >= 0.6 is 11.6 Å². The van der Waals surface area contributed by atoms with Crippen LogP contribution < -0.4 is 8.92 Å². The molecule has 0 bridgehead atoms. The number of rotatable bonds is 6. The molecule has 0 saturated heterocycles. The third-order valence-corrected chi connectivity index (χ3v) is 4.73. The lowest BCUT2D eigenvalue weighted by Crippen LogP contribution is -2.12. The normalized spacial score (nSPS) is 11.5. The van der Waals surface area contributed by atoms with E-state index >= 15 is 0 Å². The maximum Gasteiger partial charge on any atom is 0.342 e. The van der Waals surface area contributed by atoms with Crippen molar-refractivity contribution in [1.29, 1.82) is 0 Å². The molecule has 0 spiro atoms. The summed E-state index contributed by atoms with van der Waals surface area (Å²) in [6, 6.07) is 11.4. The minimum atomic E-state index is -4.03. The summed E-state index contributed by atoms with van der Waals surface area (Å²) in [7, 11) is -4.03. The SMILES string of the molecule is CCOc1ccc(Cl)cc1S(=O)(=O)Oc1ccc(C(C)C)cc1.